The van der Waals surface area contributed by atoms with E-state index in [0.29, 0.717) is 5.69 Å². The molecule has 0 bridgehead atoms. The lowest BCUT2D eigenvalue weighted by Crippen LogP contribution is -2.06. The van der Waals surface area contributed by atoms with Gasteiger partial charge in [-0.3, -0.25) is 0 Å². The summed E-state index contributed by atoms with van der Waals surface area (Å²) >= 11 is 3.37. The highest BCUT2D eigenvalue weighted by Crippen LogP contribution is 2.22. The second kappa shape index (κ2) is 4.61. The molecule has 0 aliphatic carbocycles. The lowest BCUT2D eigenvalue weighted by molar-refractivity contribution is 0.746. The first-order valence-electron chi connectivity index (χ1n) is 5.05. The van der Waals surface area contributed by atoms with Crippen molar-refractivity contribution in [2.24, 2.45) is 0 Å². The number of tetrazole rings is 1. The Hall–Kier alpha value is -1.43. The van der Waals surface area contributed by atoms with Crippen LogP contribution in [0.15, 0.2) is 22.7 Å². The van der Waals surface area contributed by atoms with E-state index >= 15 is 0 Å². The number of rotatable bonds is 3. The van der Waals surface area contributed by atoms with Crippen molar-refractivity contribution in [1.82, 2.24) is 20.2 Å². The number of hydrogen-bond acceptors (Lipinski definition) is 4. The van der Waals surface area contributed by atoms with Crippen molar-refractivity contribution in [1.29, 1.82) is 0 Å². The van der Waals surface area contributed by atoms with E-state index in [2.05, 4.69) is 38.4 Å². The minimum Gasteiger partial charge on any atom is -0.397 e. The molecule has 0 unspecified atom stereocenters. The van der Waals surface area contributed by atoms with Gasteiger partial charge in [0.05, 0.1) is 11.4 Å². The zero-order valence-corrected chi connectivity index (χ0v) is 10.5. The molecule has 1 aromatic carbocycles. The first-order chi connectivity index (χ1) is 7.72. The smallest absolute Gasteiger partial charge is 0.156 e. The molecule has 6 heteroatoms. The highest BCUT2D eigenvalue weighted by molar-refractivity contribution is 9.10. The maximum absolute atomic E-state index is 5.93. The number of nitrogens with zero attached hydrogens (tertiary/aromatic N) is 4. The van der Waals surface area contributed by atoms with Gasteiger partial charge in [-0.2, -0.15) is 4.68 Å². The van der Waals surface area contributed by atoms with Crippen LogP contribution in [0, 0.1) is 0 Å². The van der Waals surface area contributed by atoms with Crippen LogP contribution in [0.3, 0.4) is 0 Å². The Bertz CT molecular complexity index is 494. The predicted molar refractivity (Wildman–Crippen MR) is 65.3 cm³/mol. The van der Waals surface area contributed by atoms with E-state index < -0.39 is 0 Å². The summed E-state index contributed by atoms with van der Waals surface area (Å²) in [5.41, 5.74) is 7.40. The van der Waals surface area contributed by atoms with Gasteiger partial charge in [0.1, 0.15) is 0 Å². The highest BCUT2D eigenvalue weighted by Gasteiger charge is 2.09. The highest BCUT2D eigenvalue weighted by atomic mass is 79.9. The molecule has 2 aromatic rings. The minimum atomic E-state index is 0.652. The molecule has 1 heterocycles. The topological polar surface area (TPSA) is 69.6 Å². The van der Waals surface area contributed by atoms with E-state index in [1.807, 2.05) is 18.2 Å². The van der Waals surface area contributed by atoms with Crippen LogP contribution in [-0.4, -0.2) is 20.2 Å². The molecule has 5 nitrogen and oxygen atoms in total. The number of anilines is 1. The monoisotopic (exact) mass is 281 g/mol. The van der Waals surface area contributed by atoms with Crippen molar-refractivity contribution in [3.8, 4) is 5.69 Å². The van der Waals surface area contributed by atoms with Gasteiger partial charge in [0.15, 0.2) is 5.82 Å². The van der Waals surface area contributed by atoms with Gasteiger partial charge in [0.25, 0.3) is 0 Å². The van der Waals surface area contributed by atoms with Gasteiger partial charge in [-0.05, 0) is 35.0 Å². The second-order valence-electron chi connectivity index (χ2n) is 3.46. The number of hydrogen-bond donors (Lipinski definition) is 1. The fourth-order valence-electron chi connectivity index (χ4n) is 1.49. The molecule has 0 atom stereocenters. The molecule has 0 amide bonds. The van der Waals surface area contributed by atoms with Crippen LogP contribution >= 0.6 is 15.9 Å². The average Bonchev–Trinajstić information content (AvgIpc) is 2.67. The SMILES string of the molecule is CCCc1nnnn1-c1ccc(Br)cc1N. The average molecular weight is 282 g/mol. The van der Waals surface area contributed by atoms with Gasteiger partial charge in [-0.1, -0.05) is 22.9 Å². The summed E-state index contributed by atoms with van der Waals surface area (Å²) < 4.78 is 2.63. The Morgan fingerprint density at radius 1 is 1.44 bits per heavy atom. The fourth-order valence-corrected chi connectivity index (χ4v) is 1.87. The molecular formula is C10H12BrN5. The van der Waals surface area contributed by atoms with E-state index in [0.717, 1.165) is 28.8 Å². The normalized spacial score (nSPS) is 10.6. The Morgan fingerprint density at radius 3 is 2.94 bits per heavy atom. The van der Waals surface area contributed by atoms with Crippen molar-refractivity contribution in [2.75, 3.05) is 5.73 Å². The summed E-state index contributed by atoms with van der Waals surface area (Å²) in [4.78, 5) is 0. The maximum Gasteiger partial charge on any atom is 0.156 e. The van der Waals surface area contributed by atoms with Crippen LogP contribution in [0.2, 0.25) is 0 Å². The zero-order valence-electron chi connectivity index (χ0n) is 8.89. The molecule has 0 spiro atoms. The molecule has 1 aromatic heterocycles. The Morgan fingerprint density at radius 2 is 2.25 bits per heavy atom. The van der Waals surface area contributed by atoms with Crippen LogP contribution in [0.25, 0.3) is 5.69 Å². The van der Waals surface area contributed by atoms with E-state index in [-0.39, 0.29) is 0 Å². The van der Waals surface area contributed by atoms with Crippen LogP contribution in [0.4, 0.5) is 5.69 Å². The summed E-state index contributed by atoms with van der Waals surface area (Å²) in [5.74, 6) is 0.830. The van der Waals surface area contributed by atoms with Crippen molar-refractivity contribution in [3.63, 3.8) is 0 Å². The summed E-state index contributed by atoms with van der Waals surface area (Å²) in [6.45, 7) is 2.09. The number of aromatic nitrogens is 4. The number of nitrogen functional groups attached to an aromatic ring is 1. The molecule has 2 rings (SSSR count). The Kier molecular flexibility index (Phi) is 3.19. The summed E-state index contributed by atoms with van der Waals surface area (Å²) in [6, 6.07) is 5.66. The standard InChI is InChI=1S/C10H12BrN5/c1-2-3-10-13-14-15-16(10)9-5-4-7(11)6-8(9)12/h4-6H,2-3,12H2,1H3. The third kappa shape index (κ3) is 2.06. The number of benzene rings is 1. The number of halogens is 1. The molecule has 0 saturated carbocycles. The molecule has 2 N–H and O–H groups in total. The number of nitrogens with two attached hydrogens (primary N) is 1. The van der Waals surface area contributed by atoms with E-state index in [9.17, 15) is 0 Å². The van der Waals surface area contributed by atoms with E-state index in [1.165, 1.54) is 0 Å². The fraction of sp³-hybridized carbons (Fsp3) is 0.300. The summed E-state index contributed by atoms with van der Waals surface area (Å²) in [5, 5.41) is 11.6. The lowest BCUT2D eigenvalue weighted by Gasteiger charge is -2.07. The largest absolute Gasteiger partial charge is 0.397 e. The van der Waals surface area contributed by atoms with Gasteiger partial charge in [-0.15, -0.1) is 5.10 Å². The molecule has 0 saturated heterocycles. The van der Waals surface area contributed by atoms with Crippen molar-refractivity contribution < 1.29 is 0 Å². The first kappa shape index (κ1) is 11.1. The number of aryl methyl sites for hydroxylation is 1. The van der Waals surface area contributed by atoms with Gasteiger partial charge in [0.2, 0.25) is 0 Å². The molecule has 0 aliphatic heterocycles. The van der Waals surface area contributed by atoms with Gasteiger partial charge in [-0.25, -0.2) is 0 Å². The molecule has 84 valence electrons. The van der Waals surface area contributed by atoms with E-state index in [4.69, 9.17) is 5.73 Å². The predicted octanol–water partition coefficient (Wildman–Crippen LogP) is 1.96. The molecule has 16 heavy (non-hydrogen) atoms. The van der Waals surface area contributed by atoms with E-state index in [1.54, 1.807) is 4.68 Å². The lowest BCUT2D eigenvalue weighted by atomic mass is 10.2. The van der Waals surface area contributed by atoms with Crippen molar-refractivity contribution in [3.05, 3.63) is 28.5 Å². The van der Waals surface area contributed by atoms with Crippen LogP contribution in [-0.2, 0) is 6.42 Å². The summed E-state index contributed by atoms with van der Waals surface area (Å²) in [7, 11) is 0. The Labute approximate surface area is 102 Å². The second-order valence-corrected chi connectivity index (χ2v) is 4.38. The maximum atomic E-state index is 5.93. The minimum absolute atomic E-state index is 0.652. The zero-order chi connectivity index (χ0) is 11.5. The first-order valence-corrected chi connectivity index (χ1v) is 5.84. The van der Waals surface area contributed by atoms with Crippen molar-refractivity contribution in [2.45, 2.75) is 19.8 Å². The molecule has 0 radical (unpaired) electrons. The molecular weight excluding hydrogens is 270 g/mol. The van der Waals surface area contributed by atoms with Gasteiger partial charge >= 0.3 is 0 Å². The third-order valence-corrected chi connectivity index (χ3v) is 2.72. The van der Waals surface area contributed by atoms with Crippen LogP contribution in [0.1, 0.15) is 19.2 Å². The Balaban J connectivity index is 2.46. The van der Waals surface area contributed by atoms with Crippen LogP contribution in [0.5, 0.6) is 0 Å². The summed E-state index contributed by atoms with van der Waals surface area (Å²) in [6.07, 6.45) is 1.83. The third-order valence-electron chi connectivity index (χ3n) is 2.23. The molecule has 0 aliphatic rings. The van der Waals surface area contributed by atoms with Gasteiger partial charge < -0.3 is 5.73 Å². The molecule has 0 fully saturated rings. The van der Waals surface area contributed by atoms with Crippen LogP contribution < -0.4 is 5.73 Å². The quantitative estimate of drug-likeness (QED) is 0.874. The van der Waals surface area contributed by atoms with Gasteiger partial charge in [0, 0.05) is 10.9 Å². The van der Waals surface area contributed by atoms with Crippen molar-refractivity contribution >= 4 is 21.6 Å².